The standard InChI is InChI=1S/C27H32N4O3/c32-25(33)16-24(21-15-20-5-1-2-9-23(20)29-17-21)31-14-12-19(27(31)34)6-3-8-22-11-10-18-7-4-13-28-26(18)30-22/h1-2,5,9-11,15,17,19,24,26,28,30H,3-4,6-8,12-14,16H2,(H,32,33)/t19-,24+,26?/m1/s1. The second kappa shape index (κ2) is 9.97. The number of piperidine rings is 1. The monoisotopic (exact) mass is 460 g/mol. The molecule has 178 valence electrons. The molecule has 4 heterocycles. The van der Waals surface area contributed by atoms with Gasteiger partial charge in [0.15, 0.2) is 0 Å². The van der Waals surface area contributed by atoms with Gasteiger partial charge >= 0.3 is 5.97 Å². The van der Waals surface area contributed by atoms with Gasteiger partial charge < -0.3 is 15.3 Å². The van der Waals surface area contributed by atoms with Gasteiger partial charge in [0.1, 0.15) is 0 Å². The maximum Gasteiger partial charge on any atom is 0.305 e. The molecule has 0 saturated carbocycles. The molecule has 7 nitrogen and oxygen atoms in total. The molecule has 7 heteroatoms. The number of dihydropyridines is 1. The Hall–Kier alpha value is -3.19. The minimum absolute atomic E-state index is 0.0483. The van der Waals surface area contributed by atoms with Gasteiger partial charge in [-0.05, 0) is 74.4 Å². The average molecular weight is 461 g/mol. The van der Waals surface area contributed by atoms with Crippen LogP contribution in [0, 0.1) is 5.92 Å². The van der Waals surface area contributed by atoms with E-state index < -0.39 is 12.0 Å². The molecule has 0 spiro atoms. The van der Waals surface area contributed by atoms with Crippen LogP contribution in [0.3, 0.4) is 0 Å². The zero-order chi connectivity index (χ0) is 23.5. The Balaban J connectivity index is 1.22. The highest BCUT2D eigenvalue weighted by molar-refractivity contribution is 5.83. The number of nitrogens with one attached hydrogen (secondary N) is 2. The van der Waals surface area contributed by atoms with Gasteiger partial charge in [0, 0.05) is 29.7 Å². The van der Waals surface area contributed by atoms with Crippen molar-refractivity contribution in [3.05, 3.63) is 65.5 Å². The number of hydrogen-bond donors (Lipinski definition) is 3. The van der Waals surface area contributed by atoms with E-state index in [2.05, 4.69) is 27.8 Å². The Kier molecular flexibility index (Phi) is 6.63. The minimum atomic E-state index is -0.909. The van der Waals surface area contributed by atoms with Crippen molar-refractivity contribution >= 4 is 22.8 Å². The van der Waals surface area contributed by atoms with Gasteiger partial charge in [-0.25, -0.2) is 0 Å². The number of aromatic nitrogens is 1. The maximum absolute atomic E-state index is 13.3. The first-order valence-electron chi connectivity index (χ1n) is 12.3. The number of benzene rings is 1. The molecule has 0 radical (unpaired) electrons. The number of carbonyl (C=O) groups is 2. The van der Waals surface area contributed by atoms with E-state index in [0.29, 0.717) is 6.54 Å². The molecule has 3 atom stereocenters. The number of rotatable bonds is 8. The van der Waals surface area contributed by atoms with Gasteiger partial charge in [-0.2, -0.15) is 0 Å². The predicted molar refractivity (Wildman–Crippen MR) is 131 cm³/mol. The number of fused-ring (bicyclic) bond motifs is 2. The number of amides is 1. The third-order valence-corrected chi connectivity index (χ3v) is 7.28. The molecule has 0 aliphatic carbocycles. The number of likely N-dealkylation sites (tertiary alicyclic amines) is 1. The molecule has 1 aromatic carbocycles. The molecule has 2 saturated heterocycles. The highest BCUT2D eigenvalue weighted by Gasteiger charge is 2.37. The Labute approximate surface area is 199 Å². The molecule has 3 N–H and O–H groups in total. The Morgan fingerprint density at radius 1 is 1.26 bits per heavy atom. The van der Waals surface area contributed by atoms with Crippen LogP contribution in [0.4, 0.5) is 0 Å². The van der Waals surface area contributed by atoms with E-state index in [-0.39, 0.29) is 24.4 Å². The van der Waals surface area contributed by atoms with Crippen molar-refractivity contribution in [1.82, 2.24) is 20.5 Å². The summed E-state index contributed by atoms with van der Waals surface area (Å²) in [4.78, 5) is 31.2. The summed E-state index contributed by atoms with van der Waals surface area (Å²) < 4.78 is 0. The number of para-hydroxylation sites is 1. The van der Waals surface area contributed by atoms with E-state index >= 15 is 0 Å². The highest BCUT2D eigenvalue weighted by Crippen LogP contribution is 2.34. The number of aliphatic carboxylic acids is 1. The normalized spacial score (nSPS) is 23.2. The number of carbonyl (C=O) groups excluding carboxylic acids is 1. The van der Waals surface area contributed by atoms with Crippen LogP contribution >= 0.6 is 0 Å². The lowest BCUT2D eigenvalue weighted by molar-refractivity contribution is -0.140. The van der Waals surface area contributed by atoms with E-state index in [4.69, 9.17) is 0 Å². The first-order valence-corrected chi connectivity index (χ1v) is 12.3. The van der Waals surface area contributed by atoms with Crippen molar-refractivity contribution in [2.75, 3.05) is 13.1 Å². The number of hydrogen-bond acceptors (Lipinski definition) is 5. The molecule has 1 unspecified atom stereocenters. The predicted octanol–water partition coefficient (Wildman–Crippen LogP) is 3.89. The zero-order valence-corrected chi connectivity index (χ0v) is 19.4. The SMILES string of the molecule is O=C(O)C[C@@H](c1cnc2ccccc2c1)N1CC[C@@H](CCCC2=CC=C3CCCNC3N2)C1=O. The van der Waals surface area contributed by atoms with Crippen LogP contribution in [-0.2, 0) is 9.59 Å². The smallest absolute Gasteiger partial charge is 0.305 e. The third kappa shape index (κ3) is 4.85. The second-order valence-electron chi connectivity index (χ2n) is 9.55. The average Bonchev–Trinajstić information content (AvgIpc) is 3.22. The van der Waals surface area contributed by atoms with Crippen molar-refractivity contribution in [2.45, 2.75) is 57.2 Å². The van der Waals surface area contributed by atoms with Gasteiger partial charge in [-0.3, -0.25) is 19.9 Å². The zero-order valence-electron chi connectivity index (χ0n) is 19.4. The molecular weight excluding hydrogens is 428 g/mol. The summed E-state index contributed by atoms with van der Waals surface area (Å²) >= 11 is 0. The molecule has 5 rings (SSSR count). The number of carboxylic acids is 1. The molecule has 2 aromatic rings. The van der Waals surface area contributed by atoms with Crippen LogP contribution in [0.25, 0.3) is 10.9 Å². The van der Waals surface area contributed by atoms with Gasteiger partial charge in [-0.1, -0.05) is 24.3 Å². The summed E-state index contributed by atoms with van der Waals surface area (Å²) in [6, 6.07) is 9.24. The number of allylic oxidation sites excluding steroid dienone is 3. The number of pyridine rings is 1. The van der Waals surface area contributed by atoms with Crippen LogP contribution in [0.15, 0.2) is 60.0 Å². The van der Waals surface area contributed by atoms with Gasteiger partial charge in [0.25, 0.3) is 0 Å². The van der Waals surface area contributed by atoms with Gasteiger partial charge in [-0.15, -0.1) is 0 Å². The van der Waals surface area contributed by atoms with Crippen molar-refractivity contribution in [3.8, 4) is 0 Å². The Bertz CT molecular complexity index is 1140. The molecular formula is C27H32N4O3. The lowest BCUT2D eigenvalue weighted by Crippen LogP contribution is -2.47. The van der Waals surface area contributed by atoms with Gasteiger partial charge in [0.05, 0.1) is 24.1 Å². The summed E-state index contributed by atoms with van der Waals surface area (Å²) in [5.74, 6) is -0.887. The van der Waals surface area contributed by atoms with E-state index in [1.807, 2.05) is 30.3 Å². The first-order chi connectivity index (χ1) is 16.6. The number of nitrogens with zero attached hydrogens (tertiary/aromatic N) is 2. The fourth-order valence-electron chi connectivity index (χ4n) is 5.46. The molecule has 1 aromatic heterocycles. The molecule has 34 heavy (non-hydrogen) atoms. The van der Waals surface area contributed by atoms with Crippen molar-refractivity contribution < 1.29 is 14.7 Å². The lowest BCUT2D eigenvalue weighted by Gasteiger charge is -2.32. The van der Waals surface area contributed by atoms with Crippen molar-refractivity contribution in [2.24, 2.45) is 5.92 Å². The van der Waals surface area contributed by atoms with E-state index in [1.165, 1.54) is 17.7 Å². The van der Waals surface area contributed by atoms with Crippen LogP contribution in [0.2, 0.25) is 0 Å². The number of carboxylic acid groups (broad SMARTS) is 1. The summed E-state index contributed by atoms with van der Waals surface area (Å²) in [5.41, 5.74) is 4.29. The van der Waals surface area contributed by atoms with E-state index in [0.717, 1.165) is 55.1 Å². The van der Waals surface area contributed by atoms with Gasteiger partial charge in [0.2, 0.25) is 5.91 Å². The van der Waals surface area contributed by atoms with E-state index in [9.17, 15) is 14.7 Å². The molecule has 1 amide bonds. The first kappa shape index (κ1) is 22.6. The van der Waals surface area contributed by atoms with Crippen LogP contribution < -0.4 is 10.6 Å². The fourth-order valence-corrected chi connectivity index (χ4v) is 5.46. The Morgan fingerprint density at radius 3 is 3.03 bits per heavy atom. The molecule has 3 aliphatic rings. The largest absolute Gasteiger partial charge is 0.481 e. The van der Waals surface area contributed by atoms with Crippen LogP contribution in [0.1, 0.15) is 56.6 Å². The maximum atomic E-state index is 13.3. The topological polar surface area (TPSA) is 94.6 Å². The fraction of sp³-hybridized carbons (Fsp3) is 0.444. The Morgan fingerprint density at radius 2 is 2.15 bits per heavy atom. The summed E-state index contributed by atoms with van der Waals surface area (Å²) in [7, 11) is 0. The minimum Gasteiger partial charge on any atom is -0.481 e. The highest BCUT2D eigenvalue weighted by atomic mass is 16.4. The quantitative estimate of drug-likeness (QED) is 0.553. The van der Waals surface area contributed by atoms with Crippen molar-refractivity contribution in [1.29, 1.82) is 0 Å². The molecule has 3 aliphatic heterocycles. The van der Waals surface area contributed by atoms with Crippen LogP contribution in [-0.4, -0.2) is 46.1 Å². The third-order valence-electron chi connectivity index (χ3n) is 7.28. The summed E-state index contributed by atoms with van der Waals surface area (Å²) in [5, 5.41) is 17.6. The second-order valence-corrected chi connectivity index (χ2v) is 9.55. The summed E-state index contributed by atoms with van der Waals surface area (Å²) in [6.07, 6.45) is 12.0. The molecule has 2 fully saturated rings. The van der Waals surface area contributed by atoms with Crippen molar-refractivity contribution in [3.63, 3.8) is 0 Å². The lowest BCUT2D eigenvalue weighted by atomic mass is 9.96. The molecule has 0 bridgehead atoms. The summed E-state index contributed by atoms with van der Waals surface area (Å²) in [6.45, 7) is 1.63. The van der Waals surface area contributed by atoms with Crippen LogP contribution in [0.5, 0.6) is 0 Å². The van der Waals surface area contributed by atoms with E-state index in [1.54, 1.807) is 11.1 Å².